The molecule has 1 spiro atoms. The highest BCUT2D eigenvalue weighted by molar-refractivity contribution is 6.01. The quantitative estimate of drug-likeness (QED) is 0.574. The Hall–Kier alpha value is -1.12. The third-order valence-electron chi connectivity index (χ3n) is 5.80. The zero-order chi connectivity index (χ0) is 14.8. The summed E-state index contributed by atoms with van der Waals surface area (Å²) in [5, 5.41) is 0. The summed E-state index contributed by atoms with van der Waals surface area (Å²) in [6.45, 7) is 10.3. The second-order valence-electron chi connectivity index (χ2n) is 7.48. The molecule has 1 saturated carbocycles. The molecule has 20 heavy (non-hydrogen) atoms. The summed E-state index contributed by atoms with van der Waals surface area (Å²) >= 11 is 0. The predicted octanol–water partition coefficient (Wildman–Crippen LogP) is 2.86. The molecule has 1 heterocycles. The summed E-state index contributed by atoms with van der Waals surface area (Å²) in [4.78, 5) is 27.1. The van der Waals surface area contributed by atoms with E-state index in [-0.39, 0.29) is 41.0 Å². The van der Waals surface area contributed by atoms with E-state index in [1.54, 1.807) is 0 Å². The van der Waals surface area contributed by atoms with Crippen LogP contribution >= 0.6 is 0 Å². The number of rotatable bonds is 2. The monoisotopic (exact) mass is 275 g/mol. The van der Waals surface area contributed by atoms with Crippen LogP contribution in [0.5, 0.6) is 0 Å². The van der Waals surface area contributed by atoms with Gasteiger partial charge in [-0.15, -0.1) is 0 Å². The largest absolute Gasteiger partial charge is 0.279 e. The van der Waals surface area contributed by atoms with E-state index < -0.39 is 0 Å². The SMILES string of the molecule is CC(C)C1CC12C1C=CC2C(C)C(=O)N(C(C)C)C1=O. The molecule has 2 fully saturated rings. The fourth-order valence-corrected chi connectivity index (χ4v) is 4.80. The van der Waals surface area contributed by atoms with Crippen LogP contribution in [0.25, 0.3) is 0 Å². The number of nitrogens with zero attached hydrogens (tertiary/aromatic N) is 1. The van der Waals surface area contributed by atoms with Crippen molar-refractivity contribution in [3.63, 3.8) is 0 Å². The number of hydrogen-bond donors (Lipinski definition) is 0. The molecular formula is C17H25NO2. The topological polar surface area (TPSA) is 37.4 Å². The van der Waals surface area contributed by atoms with Crippen molar-refractivity contribution in [2.24, 2.45) is 35.0 Å². The van der Waals surface area contributed by atoms with Crippen LogP contribution in [0.1, 0.15) is 41.0 Å². The van der Waals surface area contributed by atoms with Crippen molar-refractivity contribution in [1.29, 1.82) is 0 Å². The van der Waals surface area contributed by atoms with Crippen LogP contribution in [0.15, 0.2) is 12.2 Å². The van der Waals surface area contributed by atoms with Crippen LogP contribution in [0.4, 0.5) is 0 Å². The van der Waals surface area contributed by atoms with Gasteiger partial charge >= 0.3 is 0 Å². The van der Waals surface area contributed by atoms with Gasteiger partial charge in [-0.05, 0) is 43.4 Å². The minimum absolute atomic E-state index is 0.0237. The fourth-order valence-electron chi connectivity index (χ4n) is 4.80. The highest BCUT2D eigenvalue weighted by Crippen LogP contribution is 2.71. The Bertz CT molecular complexity index is 493. The van der Waals surface area contributed by atoms with E-state index in [0.29, 0.717) is 11.8 Å². The number of carbonyl (C=O) groups excluding carboxylic acids is 2. The number of imide groups is 1. The maximum atomic E-state index is 12.9. The summed E-state index contributed by atoms with van der Waals surface area (Å²) in [6, 6.07) is -0.0431. The maximum absolute atomic E-state index is 12.9. The van der Waals surface area contributed by atoms with E-state index >= 15 is 0 Å². The van der Waals surface area contributed by atoms with E-state index in [2.05, 4.69) is 26.0 Å². The molecule has 0 aromatic heterocycles. The third kappa shape index (κ3) is 1.52. The van der Waals surface area contributed by atoms with Gasteiger partial charge in [0, 0.05) is 12.0 Å². The Balaban J connectivity index is 2.04. The van der Waals surface area contributed by atoms with E-state index in [4.69, 9.17) is 0 Å². The number of amides is 2. The second-order valence-corrected chi connectivity index (χ2v) is 7.48. The van der Waals surface area contributed by atoms with Gasteiger partial charge in [-0.2, -0.15) is 0 Å². The van der Waals surface area contributed by atoms with Crippen molar-refractivity contribution in [3.8, 4) is 0 Å². The minimum Gasteiger partial charge on any atom is -0.279 e. The van der Waals surface area contributed by atoms with Crippen molar-refractivity contribution in [2.75, 3.05) is 0 Å². The zero-order valence-corrected chi connectivity index (χ0v) is 13.1. The lowest BCUT2D eigenvalue weighted by molar-refractivity contribution is -0.149. The lowest BCUT2D eigenvalue weighted by atomic mass is 9.75. The van der Waals surface area contributed by atoms with Gasteiger partial charge in [0.15, 0.2) is 0 Å². The Morgan fingerprint density at radius 2 is 1.80 bits per heavy atom. The van der Waals surface area contributed by atoms with Gasteiger partial charge in [0.05, 0.1) is 5.92 Å². The van der Waals surface area contributed by atoms with Crippen molar-refractivity contribution < 1.29 is 9.59 Å². The molecule has 1 aliphatic heterocycles. The van der Waals surface area contributed by atoms with E-state index in [0.717, 1.165) is 6.42 Å². The Kier molecular flexibility index (Phi) is 2.90. The molecule has 3 nitrogen and oxygen atoms in total. The first-order chi connectivity index (χ1) is 9.32. The Morgan fingerprint density at radius 3 is 2.30 bits per heavy atom. The molecular weight excluding hydrogens is 250 g/mol. The molecule has 3 aliphatic rings. The van der Waals surface area contributed by atoms with Crippen molar-refractivity contribution in [2.45, 2.75) is 47.1 Å². The summed E-state index contributed by atoms with van der Waals surface area (Å²) < 4.78 is 0. The maximum Gasteiger partial charge on any atom is 0.236 e. The lowest BCUT2D eigenvalue weighted by Crippen LogP contribution is -2.46. The van der Waals surface area contributed by atoms with Gasteiger partial charge < -0.3 is 0 Å². The van der Waals surface area contributed by atoms with Crippen LogP contribution in [-0.2, 0) is 9.59 Å². The molecule has 5 unspecified atom stereocenters. The molecule has 1 saturated heterocycles. The van der Waals surface area contributed by atoms with Gasteiger partial charge in [-0.25, -0.2) is 0 Å². The first-order valence-electron chi connectivity index (χ1n) is 7.87. The first-order valence-corrected chi connectivity index (χ1v) is 7.87. The van der Waals surface area contributed by atoms with Crippen LogP contribution in [0, 0.1) is 35.0 Å². The standard InChI is InChI=1S/C17H25NO2/c1-9(2)14-8-17(14)12-6-7-13(17)16(20)18(10(3)4)15(19)11(12)5/h6-7,9-14H,8H2,1-5H3. The highest BCUT2D eigenvalue weighted by atomic mass is 16.2. The molecule has 110 valence electrons. The molecule has 0 aromatic carbocycles. The molecule has 0 radical (unpaired) electrons. The van der Waals surface area contributed by atoms with E-state index in [1.807, 2.05) is 20.8 Å². The van der Waals surface area contributed by atoms with Crippen molar-refractivity contribution >= 4 is 11.8 Å². The fraction of sp³-hybridized carbons (Fsp3) is 0.765. The van der Waals surface area contributed by atoms with E-state index in [9.17, 15) is 9.59 Å². The van der Waals surface area contributed by atoms with Gasteiger partial charge in [-0.1, -0.05) is 32.9 Å². The van der Waals surface area contributed by atoms with Crippen LogP contribution in [0.2, 0.25) is 0 Å². The summed E-state index contributed by atoms with van der Waals surface area (Å²) in [7, 11) is 0. The van der Waals surface area contributed by atoms with Crippen molar-refractivity contribution in [1.82, 2.24) is 4.90 Å². The average Bonchev–Trinajstić information content (AvgIpc) is 2.96. The van der Waals surface area contributed by atoms with Gasteiger partial charge in [0.25, 0.3) is 0 Å². The summed E-state index contributed by atoms with van der Waals surface area (Å²) in [5.41, 5.74) is 0.0456. The van der Waals surface area contributed by atoms with Gasteiger partial charge in [-0.3, -0.25) is 14.5 Å². The van der Waals surface area contributed by atoms with Crippen LogP contribution in [0.3, 0.4) is 0 Å². The van der Waals surface area contributed by atoms with Gasteiger partial charge in [0.1, 0.15) is 0 Å². The highest BCUT2D eigenvalue weighted by Gasteiger charge is 2.69. The molecule has 2 bridgehead atoms. The normalized spacial score (nSPS) is 43.0. The summed E-state index contributed by atoms with van der Waals surface area (Å²) in [6.07, 6.45) is 5.35. The molecule has 2 amide bonds. The molecule has 3 rings (SSSR count). The first kappa shape index (κ1) is 13.8. The van der Waals surface area contributed by atoms with Gasteiger partial charge in [0.2, 0.25) is 11.8 Å². The molecule has 3 heteroatoms. The number of carbonyl (C=O) groups is 2. The number of hydrogen-bond acceptors (Lipinski definition) is 2. The lowest BCUT2D eigenvalue weighted by Gasteiger charge is -2.27. The second kappa shape index (κ2) is 4.19. The summed E-state index contributed by atoms with van der Waals surface area (Å²) in [5.74, 6) is 1.33. The molecule has 0 aromatic rings. The molecule has 5 atom stereocenters. The minimum atomic E-state index is -0.0751. The van der Waals surface area contributed by atoms with Crippen LogP contribution in [-0.4, -0.2) is 22.8 Å². The van der Waals surface area contributed by atoms with Crippen molar-refractivity contribution in [3.05, 3.63) is 12.2 Å². The number of likely N-dealkylation sites (tertiary alicyclic amines) is 1. The Morgan fingerprint density at radius 1 is 1.15 bits per heavy atom. The zero-order valence-electron chi connectivity index (χ0n) is 13.1. The number of allylic oxidation sites excluding steroid dienone is 1. The predicted molar refractivity (Wildman–Crippen MR) is 77.7 cm³/mol. The Labute approximate surface area is 121 Å². The average molecular weight is 275 g/mol. The molecule has 0 N–H and O–H groups in total. The van der Waals surface area contributed by atoms with E-state index in [1.165, 1.54) is 4.90 Å². The molecule has 2 aliphatic carbocycles. The van der Waals surface area contributed by atoms with Crippen LogP contribution < -0.4 is 0 Å². The third-order valence-corrected chi connectivity index (χ3v) is 5.80. The smallest absolute Gasteiger partial charge is 0.236 e.